The lowest BCUT2D eigenvalue weighted by molar-refractivity contribution is 0.0698. The summed E-state index contributed by atoms with van der Waals surface area (Å²) < 4.78 is 35.8. The Balaban J connectivity index is 3.49. The van der Waals surface area contributed by atoms with E-state index in [2.05, 4.69) is 21.6 Å². The minimum atomic E-state index is -2.43. The third kappa shape index (κ3) is 24.2. The van der Waals surface area contributed by atoms with Crippen molar-refractivity contribution in [2.45, 2.75) is 156 Å². The van der Waals surface area contributed by atoms with E-state index in [-0.39, 0.29) is 0 Å². The Labute approximate surface area is 272 Å². The fourth-order valence-electron chi connectivity index (χ4n) is 5.25. The van der Waals surface area contributed by atoms with Crippen LogP contribution in [0.5, 0.6) is 0 Å². The van der Waals surface area contributed by atoms with Crippen LogP contribution in [0.25, 0.3) is 0 Å². The largest absolute Gasteiger partial charge is 0.500 e. The smallest absolute Gasteiger partial charge is 0.374 e. The molecule has 0 saturated carbocycles. The highest BCUT2D eigenvalue weighted by atomic mass is 33.1. The van der Waals surface area contributed by atoms with Crippen LogP contribution in [0.2, 0.25) is 12.1 Å². The third-order valence-corrected chi connectivity index (χ3v) is 16.1. The van der Waals surface area contributed by atoms with Crippen LogP contribution in [0, 0.1) is 0 Å². The molecule has 0 aliphatic heterocycles. The molecule has 0 aliphatic carbocycles. The zero-order valence-corrected chi connectivity index (χ0v) is 32.3. The monoisotopic (exact) mass is 670 g/mol. The maximum absolute atomic E-state index is 5.96. The molecule has 0 spiro atoms. The Morgan fingerprint density at radius 2 is 0.524 bits per heavy atom. The molecular weight excluding hydrogens is 601 g/mol. The van der Waals surface area contributed by atoms with Crippen molar-refractivity contribution in [1.82, 2.24) is 0 Å². The first kappa shape index (κ1) is 42.9. The predicted octanol–water partition coefficient (Wildman–Crippen LogP) is 10.7. The SMILES string of the molecule is CCO[Si](CCCCCCCCCCSSCCCCCCCCCC[Si](OCC)(OCC)OCC)(OCC)OCC. The molecule has 0 aliphatic rings. The van der Waals surface area contributed by atoms with Crippen LogP contribution in [-0.2, 0) is 26.6 Å². The molecule has 0 radical (unpaired) electrons. The molecule has 42 heavy (non-hydrogen) atoms. The van der Waals surface area contributed by atoms with Crippen molar-refractivity contribution in [2.24, 2.45) is 0 Å². The average molecular weight is 671 g/mol. The Kier molecular flexibility index (Phi) is 32.5. The van der Waals surface area contributed by atoms with Gasteiger partial charge in [0.1, 0.15) is 0 Å². The molecule has 254 valence electrons. The Hall–Kier alpha value is 0.894. The first-order chi connectivity index (χ1) is 20.6. The minimum Gasteiger partial charge on any atom is -0.374 e. The van der Waals surface area contributed by atoms with Crippen LogP contribution >= 0.6 is 21.6 Å². The van der Waals surface area contributed by atoms with E-state index < -0.39 is 17.6 Å². The van der Waals surface area contributed by atoms with Crippen molar-refractivity contribution < 1.29 is 26.6 Å². The Morgan fingerprint density at radius 1 is 0.310 bits per heavy atom. The van der Waals surface area contributed by atoms with Gasteiger partial charge in [-0.15, -0.1) is 0 Å². The lowest BCUT2D eigenvalue weighted by Gasteiger charge is -2.28. The van der Waals surface area contributed by atoms with Gasteiger partial charge in [-0.05, 0) is 67.2 Å². The maximum Gasteiger partial charge on any atom is 0.500 e. The molecule has 0 unspecified atom stereocenters. The number of unbranched alkanes of at least 4 members (excludes halogenated alkanes) is 14. The van der Waals surface area contributed by atoms with Crippen molar-refractivity contribution in [1.29, 1.82) is 0 Å². The van der Waals surface area contributed by atoms with Gasteiger partial charge in [0.15, 0.2) is 0 Å². The van der Waals surface area contributed by atoms with Gasteiger partial charge in [0.05, 0.1) is 0 Å². The van der Waals surface area contributed by atoms with Crippen molar-refractivity contribution >= 4 is 39.2 Å². The highest BCUT2D eigenvalue weighted by Gasteiger charge is 2.40. The van der Waals surface area contributed by atoms with Gasteiger partial charge in [-0.3, -0.25) is 0 Å². The topological polar surface area (TPSA) is 55.4 Å². The van der Waals surface area contributed by atoms with E-state index in [1.807, 2.05) is 41.5 Å². The summed E-state index contributed by atoms with van der Waals surface area (Å²) in [6.45, 7) is 16.3. The van der Waals surface area contributed by atoms with E-state index in [1.165, 1.54) is 101 Å². The number of rotatable bonds is 35. The molecule has 0 fully saturated rings. The summed E-state index contributed by atoms with van der Waals surface area (Å²) in [4.78, 5) is 0. The lowest BCUT2D eigenvalue weighted by atomic mass is 10.1. The number of hydrogen-bond acceptors (Lipinski definition) is 8. The Morgan fingerprint density at radius 3 is 0.762 bits per heavy atom. The number of hydrogen-bond donors (Lipinski definition) is 0. The van der Waals surface area contributed by atoms with Crippen molar-refractivity contribution in [3.8, 4) is 0 Å². The van der Waals surface area contributed by atoms with Gasteiger partial charge in [-0.2, -0.15) is 0 Å². The summed E-state index contributed by atoms with van der Waals surface area (Å²) in [7, 11) is -0.691. The summed E-state index contributed by atoms with van der Waals surface area (Å²) in [5.74, 6) is 2.62. The fraction of sp³-hybridized carbons (Fsp3) is 1.00. The van der Waals surface area contributed by atoms with Crippen molar-refractivity contribution in [3.63, 3.8) is 0 Å². The fourth-order valence-corrected chi connectivity index (χ4v) is 12.9. The summed E-state index contributed by atoms with van der Waals surface area (Å²) in [5.41, 5.74) is 0. The molecule has 0 aromatic carbocycles. The van der Waals surface area contributed by atoms with Crippen LogP contribution in [0.15, 0.2) is 0 Å². The molecule has 6 nitrogen and oxygen atoms in total. The average Bonchev–Trinajstić information content (AvgIpc) is 2.96. The van der Waals surface area contributed by atoms with Gasteiger partial charge in [0.25, 0.3) is 0 Å². The van der Waals surface area contributed by atoms with Crippen LogP contribution in [0.1, 0.15) is 144 Å². The van der Waals surface area contributed by atoms with Crippen molar-refractivity contribution in [2.75, 3.05) is 51.1 Å². The molecule has 0 aromatic rings. The van der Waals surface area contributed by atoms with E-state index in [0.29, 0.717) is 39.6 Å². The normalized spacial score (nSPS) is 12.4. The minimum absolute atomic E-state index is 0.675. The van der Waals surface area contributed by atoms with E-state index in [0.717, 1.165) is 24.9 Å². The molecule has 10 heteroatoms. The van der Waals surface area contributed by atoms with E-state index in [1.54, 1.807) is 0 Å². The van der Waals surface area contributed by atoms with Crippen LogP contribution < -0.4 is 0 Å². The summed E-state index contributed by atoms with van der Waals surface area (Å²) in [6.07, 6.45) is 21.2. The molecule has 0 atom stereocenters. The molecule has 0 heterocycles. The molecule has 0 N–H and O–H groups in total. The zero-order chi connectivity index (χ0) is 31.0. The second-order valence-electron chi connectivity index (χ2n) is 10.8. The van der Waals surface area contributed by atoms with Gasteiger partial charge in [0, 0.05) is 63.2 Å². The van der Waals surface area contributed by atoms with E-state index >= 15 is 0 Å². The standard InChI is InChI=1S/C32H70O6S2Si2/c1-7-33-41(34-8-2,35-9-3)31-27-23-19-15-13-17-21-25-29-39-40-30-26-22-18-14-16-20-24-28-32-42(36-10-4,37-11-5)38-12-6/h7-32H2,1-6H3. The van der Waals surface area contributed by atoms with Gasteiger partial charge in [0.2, 0.25) is 0 Å². The first-order valence-electron chi connectivity index (χ1n) is 17.7. The highest BCUT2D eigenvalue weighted by molar-refractivity contribution is 8.76. The summed E-state index contributed by atoms with van der Waals surface area (Å²) in [5, 5.41) is 0. The molecule has 0 aromatic heterocycles. The molecule has 0 rings (SSSR count). The van der Waals surface area contributed by atoms with Crippen molar-refractivity contribution in [3.05, 3.63) is 0 Å². The molecule has 0 saturated heterocycles. The third-order valence-electron chi connectivity index (χ3n) is 7.19. The van der Waals surface area contributed by atoms with Gasteiger partial charge < -0.3 is 26.6 Å². The summed E-state index contributed by atoms with van der Waals surface area (Å²) >= 11 is 0. The summed E-state index contributed by atoms with van der Waals surface area (Å²) in [6, 6.07) is 1.92. The maximum atomic E-state index is 5.96. The van der Waals surface area contributed by atoms with Crippen LogP contribution in [-0.4, -0.2) is 68.8 Å². The van der Waals surface area contributed by atoms with Gasteiger partial charge in [-0.1, -0.05) is 98.6 Å². The van der Waals surface area contributed by atoms with E-state index in [9.17, 15) is 0 Å². The molecule has 0 bridgehead atoms. The first-order valence-corrected chi connectivity index (χ1v) is 24.0. The second kappa shape index (κ2) is 31.9. The molecule has 0 amide bonds. The van der Waals surface area contributed by atoms with Gasteiger partial charge in [-0.25, -0.2) is 0 Å². The van der Waals surface area contributed by atoms with Crippen LogP contribution in [0.3, 0.4) is 0 Å². The lowest BCUT2D eigenvalue weighted by Crippen LogP contribution is -2.45. The second-order valence-corrected chi connectivity index (χ2v) is 18.9. The van der Waals surface area contributed by atoms with Gasteiger partial charge >= 0.3 is 17.6 Å². The highest BCUT2D eigenvalue weighted by Crippen LogP contribution is 2.26. The van der Waals surface area contributed by atoms with E-state index in [4.69, 9.17) is 26.6 Å². The zero-order valence-electron chi connectivity index (χ0n) is 28.7. The molecular formula is C32H70O6S2Si2. The predicted molar refractivity (Wildman–Crippen MR) is 190 cm³/mol. The quantitative estimate of drug-likeness (QED) is 0.0375. The Bertz CT molecular complexity index is 471. The van der Waals surface area contributed by atoms with Crippen LogP contribution in [0.4, 0.5) is 0 Å².